The van der Waals surface area contributed by atoms with Crippen LogP contribution in [0.3, 0.4) is 0 Å². The molecule has 3 fully saturated rings. The van der Waals surface area contributed by atoms with Crippen LogP contribution in [-0.2, 0) is 4.79 Å². The number of likely N-dealkylation sites (tertiary alicyclic amines) is 1. The summed E-state index contributed by atoms with van der Waals surface area (Å²) in [7, 11) is 2.15. The van der Waals surface area contributed by atoms with E-state index in [0.29, 0.717) is 24.9 Å². The number of likely N-dealkylation sites (N-methyl/N-ethyl adjacent to an activating group) is 1. The van der Waals surface area contributed by atoms with E-state index in [0.717, 1.165) is 25.9 Å². The number of urea groups is 1. The number of carboxylic acids is 1. The van der Waals surface area contributed by atoms with Crippen molar-refractivity contribution in [3.63, 3.8) is 0 Å². The van der Waals surface area contributed by atoms with E-state index in [1.807, 2.05) is 4.90 Å². The van der Waals surface area contributed by atoms with Crippen LogP contribution in [0.25, 0.3) is 0 Å². The molecule has 0 aromatic heterocycles. The van der Waals surface area contributed by atoms with Crippen LogP contribution in [-0.4, -0.2) is 65.7 Å². The molecular weight excluding hydrogens is 258 g/mol. The molecule has 6 nitrogen and oxygen atoms in total. The van der Waals surface area contributed by atoms with Crippen molar-refractivity contribution in [1.82, 2.24) is 15.1 Å². The third kappa shape index (κ3) is 2.37. The Morgan fingerprint density at radius 1 is 1.25 bits per heavy atom. The summed E-state index contributed by atoms with van der Waals surface area (Å²) in [6.45, 7) is 1.80. The Bertz CT molecular complexity index is 422. The number of hydrogen-bond donors (Lipinski definition) is 2. The van der Waals surface area contributed by atoms with Gasteiger partial charge in [0.1, 0.15) is 0 Å². The zero-order valence-electron chi connectivity index (χ0n) is 12.0. The lowest BCUT2D eigenvalue weighted by molar-refractivity contribution is -0.143. The van der Waals surface area contributed by atoms with Gasteiger partial charge in [0.15, 0.2) is 0 Å². The number of fused-ring (bicyclic) bond motifs is 2. The van der Waals surface area contributed by atoms with E-state index in [1.165, 1.54) is 6.42 Å². The van der Waals surface area contributed by atoms with Gasteiger partial charge < -0.3 is 15.3 Å². The summed E-state index contributed by atoms with van der Waals surface area (Å²) in [5, 5.41) is 11.9. The van der Waals surface area contributed by atoms with Crippen molar-refractivity contribution in [2.45, 2.75) is 44.2 Å². The van der Waals surface area contributed by atoms with Gasteiger partial charge in [0.05, 0.1) is 5.41 Å². The third-order valence-electron chi connectivity index (χ3n) is 5.32. The van der Waals surface area contributed by atoms with Crippen molar-refractivity contribution < 1.29 is 14.7 Å². The van der Waals surface area contributed by atoms with Gasteiger partial charge in [0.2, 0.25) is 0 Å². The molecule has 0 spiro atoms. The second kappa shape index (κ2) is 4.91. The monoisotopic (exact) mass is 281 g/mol. The fraction of sp³-hybridized carbons (Fsp3) is 0.857. The van der Waals surface area contributed by atoms with Gasteiger partial charge in [-0.25, -0.2) is 4.79 Å². The second-order valence-electron chi connectivity index (χ2n) is 6.53. The zero-order valence-corrected chi connectivity index (χ0v) is 12.0. The fourth-order valence-corrected chi connectivity index (χ4v) is 3.47. The first-order valence-corrected chi connectivity index (χ1v) is 7.50. The predicted octanol–water partition coefficient (Wildman–Crippen LogP) is 0.729. The molecule has 2 atom stereocenters. The zero-order chi connectivity index (χ0) is 14.3. The molecule has 2 heterocycles. The van der Waals surface area contributed by atoms with Crippen LogP contribution in [0.5, 0.6) is 0 Å². The van der Waals surface area contributed by atoms with Gasteiger partial charge in [0.25, 0.3) is 0 Å². The largest absolute Gasteiger partial charge is 0.481 e. The van der Waals surface area contributed by atoms with E-state index in [9.17, 15) is 9.59 Å². The Morgan fingerprint density at radius 2 is 1.95 bits per heavy atom. The number of carboxylic acid groups (broad SMARTS) is 1. The summed E-state index contributed by atoms with van der Waals surface area (Å²) >= 11 is 0. The molecule has 2 saturated heterocycles. The fourth-order valence-electron chi connectivity index (χ4n) is 3.47. The Morgan fingerprint density at radius 3 is 2.60 bits per heavy atom. The lowest BCUT2D eigenvalue weighted by atomic mass is 10.1. The highest BCUT2D eigenvalue weighted by atomic mass is 16.4. The Hall–Kier alpha value is -1.30. The molecule has 0 aromatic rings. The first-order chi connectivity index (χ1) is 9.52. The number of rotatable bonds is 3. The third-order valence-corrected chi connectivity index (χ3v) is 5.32. The van der Waals surface area contributed by atoms with Crippen LogP contribution in [0, 0.1) is 5.41 Å². The number of amides is 2. The highest BCUT2D eigenvalue weighted by Crippen LogP contribution is 2.45. The Balaban J connectivity index is 1.54. The smallest absolute Gasteiger partial charge is 0.317 e. The summed E-state index contributed by atoms with van der Waals surface area (Å²) in [4.78, 5) is 27.6. The van der Waals surface area contributed by atoms with Crippen LogP contribution in [0.1, 0.15) is 32.1 Å². The molecule has 112 valence electrons. The van der Waals surface area contributed by atoms with Crippen molar-refractivity contribution in [2.24, 2.45) is 5.41 Å². The highest BCUT2D eigenvalue weighted by molar-refractivity contribution is 5.80. The molecule has 20 heavy (non-hydrogen) atoms. The molecule has 2 N–H and O–H groups in total. The van der Waals surface area contributed by atoms with Gasteiger partial charge in [-0.3, -0.25) is 9.69 Å². The maximum absolute atomic E-state index is 12.2. The average molecular weight is 281 g/mol. The minimum Gasteiger partial charge on any atom is -0.481 e. The maximum Gasteiger partial charge on any atom is 0.317 e. The first-order valence-electron chi connectivity index (χ1n) is 7.50. The minimum atomic E-state index is -0.785. The van der Waals surface area contributed by atoms with E-state index < -0.39 is 11.4 Å². The van der Waals surface area contributed by atoms with Crippen LogP contribution in [0.2, 0.25) is 0 Å². The van der Waals surface area contributed by atoms with Crippen LogP contribution < -0.4 is 5.32 Å². The molecule has 3 aliphatic rings. The van der Waals surface area contributed by atoms with Crippen molar-refractivity contribution in [3.8, 4) is 0 Å². The number of nitrogens with one attached hydrogen (secondary N) is 1. The lowest BCUT2D eigenvalue weighted by Gasteiger charge is -2.26. The predicted molar refractivity (Wildman–Crippen MR) is 73.5 cm³/mol. The quantitative estimate of drug-likeness (QED) is 0.800. The summed E-state index contributed by atoms with van der Waals surface area (Å²) in [5.41, 5.74) is -0.683. The van der Waals surface area contributed by atoms with E-state index in [2.05, 4.69) is 17.3 Å². The number of aliphatic carboxylic acids is 1. The number of nitrogens with zero attached hydrogens (tertiary/aromatic N) is 2. The molecule has 2 unspecified atom stereocenters. The molecule has 2 bridgehead atoms. The Kier molecular flexibility index (Phi) is 3.36. The van der Waals surface area contributed by atoms with E-state index in [4.69, 9.17) is 5.11 Å². The number of carbonyl (C=O) groups excluding carboxylic acids is 1. The highest BCUT2D eigenvalue weighted by Gasteiger charge is 2.50. The van der Waals surface area contributed by atoms with E-state index in [-0.39, 0.29) is 12.6 Å². The molecule has 1 saturated carbocycles. The molecule has 2 aliphatic heterocycles. The topological polar surface area (TPSA) is 72.9 Å². The van der Waals surface area contributed by atoms with E-state index >= 15 is 0 Å². The second-order valence-corrected chi connectivity index (χ2v) is 6.53. The standard InChI is InChI=1S/C14H23N3O3/c1-16-10-2-3-11(16)8-17(7-4-10)13(20)15-9-14(5-6-14)12(18)19/h10-11H,2-9H2,1H3,(H,15,20)(H,18,19). The van der Waals surface area contributed by atoms with Gasteiger partial charge in [-0.15, -0.1) is 0 Å². The number of hydrogen-bond acceptors (Lipinski definition) is 3. The van der Waals surface area contributed by atoms with Crippen molar-refractivity contribution in [3.05, 3.63) is 0 Å². The molecule has 0 radical (unpaired) electrons. The Labute approximate surface area is 119 Å². The molecular formula is C14H23N3O3. The van der Waals surface area contributed by atoms with Gasteiger partial charge in [0, 0.05) is 31.7 Å². The number of carbonyl (C=O) groups is 2. The van der Waals surface area contributed by atoms with Crippen LogP contribution >= 0.6 is 0 Å². The van der Waals surface area contributed by atoms with Crippen LogP contribution in [0.15, 0.2) is 0 Å². The normalized spacial score (nSPS) is 31.8. The summed E-state index contributed by atoms with van der Waals surface area (Å²) in [5.74, 6) is -0.785. The molecule has 6 heteroatoms. The summed E-state index contributed by atoms with van der Waals surface area (Å²) in [6, 6.07) is 0.965. The molecule has 3 rings (SSSR count). The first kappa shape index (κ1) is 13.7. The van der Waals surface area contributed by atoms with Crippen molar-refractivity contribution >= 4 is 12.0 Å². The lowest BCUT2D eigenvalue weighted by Crippen LogP contribution is -2.46. The minimum absolute atomic E-state index is 0.0986. The van der Waals surface area contributed by atoms with Gasteiger partial charge in [-0.05, 0) is 39.2 Å². The van der Waals surface area contributed by atoms with Crippen LogP contribution in [0.4, 0.5) is 4.79 Å². The maximum atomic E-state index is 12.2. The van der Waals surface area contributed by atoms with Gasteiger partial charge in [-0.2, -0.15) is 0 Å². The summed E-state index contributed by atoms with van der Waals surface area (Å²) < 4.78 is 0. The summed E-state index contributed by atoms with van der Waals surface area (Å²) in [6.07, 6.45) is 4.76. The molecule has 1 aliphatic carbocycles. The van der Waals surface area contributed by atoms with Gasteiger partial charge in [-0.1, -0.05) is 0 Å². The average Bonchev–Trinajstić information content (AvgIpc) is 3.12. The van der Waals surface area contributed by atoms with Crippen molar-refractivity contribution in [1.29, 1.82) is 0 Å². The van der Waals surface area contributed by atoms with Gasteiger partial charge >= 0.3 is 12.0 Å². The van der Waals surface area contributed by atoms with E-state index in [1.54, 1.807) is 0 Å². The van der Waals surface area contributed by atoms with Crippen molar-refractivity contribution in [2.75, 3.05) is 26.7 Å². The SMILES string of the molecule is CN1C2CCC1CN(C(=O)NCC1(C(=O)O)CC1)CC2. The molecule has 0 aromatic carbocycles. The molecule has 2 amide bonds.